The van der Waals surface area contributed by atoms with E-state index in [1.54, 1.807) is 25.1 Å². The van der Waals surface area contributed by atoms with Crippen LogP contribution >= 0.6 is 0 Å². The third kappa shape index (κ3) is 4.51. The van der Waals surface area contributed by atoms with Crippen LogP contribution in [0, 0.1) is 0 Å². The molecule has 1 atom stereocenters. The highest BCUT2D eigenvalue weighted by atomic mass is 16.4. The van der Waals surface area contributed by atoms with Crippen molar-refractivity contribution in [3.8, 4) is 0 Å². The molecular weight excluding hydrogens is 218 g/mol. The minimum Gasteiger partial charge on any atom is -0.481 e. The number of allylic oxidation sites excluding steroid dienone is 1. The summed E-state index contributed by atoms with van der Waals surface area (Å²) in [6.45, 7) is 1.73. The summed E-state index contributed by atoms with van der Waals surface area (Å²) in [5, 5.41) is 11.5. The van der Waals surface area contributed by atoms with Crippen LogP contribution in [0.15, 0.2) is 42.5 Å². The van der Waals surface area contributed by atoms with E-state index in [1.807, 2.05) is 18.2 Å². The lowest BCUT2D eigenvalue weighted by Crippen LogP contribution is -2.28. The van der Waals surface area contributed by atoms with Crippen LogP contribution in [0.5, 0.6) is 0 Å². The Morgan fingerprint density at radius 1 is 1.35 bits per heavy atom. The van der Waals surface area contributed by atoms with Gasteiger partial charge in [-0.1, -0.05) is 36.4 Å². The zero-order chi connectivity index (χ0) is 12.7. The molecule has 0 aromatic heterocycles. The minimum atomic E-state index is -0.945. The summed E-state index contributed by atoms with van der Waals surface area (Å²) in [6.07, 6.45) is 2.85. The first-order valence-corrected chi connectivity index (χ1v) is 5.33. The zero-order valence-electron chi connectivity index (χ0n) is 9.59. The highest BCUT2D eigenvalue weighted by Gasteiger charge is 2.16. The van der Waals surface area contributed by atoms with E-state index < -0.39 is 12.0 Å². The number of hydrogen-bond acceptors (Lipinski definition) is 2. The van der Waals surface area contributed by atoms with Crippen LogP contribution < -0.4 is 5.32 Å². The van der Waals surface area contributed by atoms with Crippen molar-refractivity contribution in [3.05, 3.63) is 48.0 Å². The van der Waals surface area contributed by atoms with E-state index >= 15 is 0 Å². The maximum absolute atomic E-state index is 11.4. The largest absolute Gasteiger partial charge is 0.481 e. The summed E-state index contributed by atoms with van der Waals surface area (Å²) in [7, 11) is 0. The van der Waals surface area contributed by atoms with Crippen LogP contribution in [0.1, 0.15) is 24.9 Å². The molecule has 4 heteroatoms. The second-order valence-corrected chi connectivity index (χ2v) is 3.57. The van der Waals surface area contributed by atoms with E-state index in [-0.39, 0.29) is 12.3 Å². The van der Waals surface area contributed by atoms with Gasteiger partial charge in [0, 0.05) is 0 Å². The van der Waals surface area contributed by atoms with E-state index in [4.69, 9.17) is 5.11 Å². The predicted octanol–water partition coefficient (Wildman–Crippen LogP) is 1.89. The normalized spacial score (nSPS) is 12.3. The van der Waals surface area contributed by atoms with E-state index in [0.29, 0.717) is 0 Å². The molecule has 1 amide bonds. The molecule has 90 valence electrons. The Balaban J connectivity index is 2.81. The number of carbonyl (C=O) groups excluding carboxylic acids is 1. The molecule has 4 nitrogen and oxygen atoms in total. The van der Waals surface area contributed by atoms with E-state index in [1.165, 1.54) is 6.08 Å². The van der Waals surface area contributed by atoms with Gasteiger partial charge in [-0.05, 0) is 18.6 Å². The van der Waals surface area contributed by atoms with Gasteiger partial charge in [0.1, 0.15) is 0 Å². The Morgan fingerprint density at radius 3 is 2.53 bits per heavy atom. The summed E-state index contributed by atoms with van der Waals surface area (Å²) in [6, 6.07) is 8.55. The summed E-state index contributed by atoms with van der Waals surface area (Å²) in [5.41, 5.74) is 0.785. The number of carbonyl (C=O) groups is 2. The van der Waals surface area contributed by atoms with Gasteiger partial charge in [-0.2, -0.15) is 0 Å². The summed E-state index contributed by atoms with van der Waals surface area (Å²) in [5.74, 6) is -1.23. The van der Waals surface area contributed by atoms with Crippen molar-refractivity contribution in [1.29, 1.82) is 0 Å². The average Bonchev–Trinajstić information content (AvgIpc) is 2.29. The van der Waals surface area contributed by atoms with Gasteiger partial charge in [-0.25, -0.2) is 0 Å². The molecule has 0 aliphatic rings. The van der Waals surface area contributed by atoms with Crippen LogP contribution in [0.2, 0.25) is 0 Å². The Morgan fingerprint density at radius 2 is 2.00 bits per heavy atom. The third-order valence-corrected chi connectivity index (χ3v) is 2.22. The van der Waals surface area contributed by atoms with Gasteiger partial charge in [-0.3, -0.25) is 9.59 Å². The second-order valence-electron chi connectivity index (χ2n) is 3.57. The summed E-state index contributed by atoms with van der Waals surface area (Å²) in [4.78, 5) is 22.2. The maximum atomic E-state index is 11.4. The summed E-state index contributed by atoms with van der Waals surface area (Å²) < 4.78 is 0. The van der Waals surface area contributed by atoms with Crippen LogP contribution in [-0.4, -0.2) is 17.0 Å². The van der Waals surface area contributed by atoms with Crippen molar-refractivity contribution >= 4 is 11.9 Å². The van der Waals surface area contributed by atoms with Crippen LogP contribution in [0.4, 0.5) is 0 Å². The highest BCUT2D eigenvalue weighted by molar-refractivity contribution is 5.88. The summed E-state index contributed by atoms with van der Waals surface area (Å²) >= 11 is 0. The Labute approximate surface area is 100.0 Å². The van der Waals surface area contributed by atoms with E-state index in [9.17, 15) is 9.59 Å². The van der Waals surface area contributed by atoms with Crippen molar-refractivity contribution in [2.75, 3.05) is 0 Å². The number of carboxylic acids is 1. The van der Waals surface area contributed by atoms with E-state index in [2.05, 4.69) is 5.32 Å². The van der Waals surface area contributed by atoms with Crippen molar-refractivity contribution < 1.29 is 14.7 Å². The molecule has 2 N–H and O–H groups in total. The molecule has 0 heterocycles. The molecule has 0 aliphatic heterocycles. The van der Waals surface area contributed by atoms with Gasteiger partial charge < -0.3 is 10.4 Å². The first kappa shape index (κ1) is 13.0. The fourth-order valence-corrected chi connectivity index (χ4v) is 1.48. The number of amides is 1. The lowest BCUT2D eigenvalue weighted by molar-refractivity contribution is -0.137. The number of benzene rings is 1. The molecule has 17 heavy (non-hydrogen) atoms. The topological polar surface area (TPSA) is 66.4 Å². The van der Waals surface area contributed by atoms with Gasteiger partial charge >= 0.3 is 5.97 Å². The molecule has 1 aromatic carbocycles. The molecule has 0 spiro atoms. The van der Waals surface area contributed by atoms with Crippen molar-refractivity contribution in [2.45, 2.75) is 19.4 Å². The molecule has 0 bridgehead atoms. The minimum absolute atomic E-state index is 0.132. The Hall–Kier alpha value is -2.10. The molecule has 0 saturated carbocycles. The van der Waals surface area contributed by atoms with Crippen LogP contribution in [0.25, 0.3) is 0 Å². The number of aliphatic carboxylic acids is 1. The van der Waals surface area contributed by atoms with E-state index in [0.717, 1.165) is 5.56 Å². The first-order chi connectivity index (χ1) is 8.13. The first-order valence-electron chi connectivity index (χ1n) is 5.33. The molecule has 0 saturated heterocycles. The van der Waals surface area contributed by atoms with Gasteiger partial charge in [-0.15, -0.1) is 0 Å². The predicted molar refractivity (Wildman–Crippen MR) is 64.4 cm³/mol. The zero-order valence-corrected chi connectivity index (χ0v) is 9.59. The molecule has 1 unspecified atom stereocenters. The number of nitrogens with one attached hydrogen (secondary N) is 1. The fourth-order valence-electron chi connectivity index (χ4n) is 1.48. The monoisotopic (exact) mass is 233 g/mol. The number of rotatable bonds is 5. The lowest BCUT2D eigenvalue weighted by Gasteiger charge is -2.16. The molecular formula is C13H15NO3. The van der Waals surface area contributed by atoms with Gasteiger partial charge in [0.25, 0.3) is 0 Å². The number of hydrogen-bond donors (Lipinski definition) is 2. The lowest BCUT2D eigenvalue weighted by atomic mass is 10.0. The van der Waals surface area contributed by atoms with Crippen molar-refractivity contribution in [2.24, 2.45) is 0 Å². The standard InChI is InChI=1S/C13H15NO3/c1-2-6-12(15)14-11(9-13(16)17)10-7-4-3-5-8-10/h2-8,11H,9H2,1H3,(H,14,15)(H,16,17)/b6-2+. The SMILES string of the molecule is C/C=C/C(=O)NC(CC(=O)O)c1ccccc1. The van der Waals surface area contributed by atoms with Gasteiger partial charge in [0.05, 0.1) is 12.5 Å². The maximum Gasteiger partial charge on any atom is 0.305 e. The molecule has 0 radical (unpaired) electrons. The van der Waals surface area contributed by atoms with Crippen LogP contribution in [-0.2, 0) is 9.59 Å². The Kier molecular flexibility index (Phi) is 4.94. The van der Waals surface area contributed by atoms with Crippen molar-refractivity contribution in [1.82, 2.24) is 5.32 Å². The number of carboxylic acid groups (broad SMARTS) is 1. The smallest absolute Gasteiger partial charge is 0.305 e. The Bertz CT molecular complexity index is 412. The van der Waals surface area contributed by atoms with Gasteiger partial charge in [0.15, 0.2) is 0 Å². The van der Waals surface area contributed by atoms with Crippen molar-refractivity contribution in [3.63, 3.8) is 0 Å². The fraction of sp³-hybridized carbons (Fsp3) is 0.231. The molecule has 1 aromatic rings. The van der Waals surface area contributed by atoms with Crippen LogP contribution in [0.3, 0.4) is 0 Å². The van der Waals surface area contributed by atoms with Gasteiger partial charge in [0.2, 0.25) is 5.91 Å². The molecule has 0 aliphatic carbocycles. The quantitative estimate of drug-likeness (QED) is 0.763. The second kappa shape index (κ2) is 6.48. The highest BCUT2D eigenvalue weighted by Crippen LogP contribution is 2.16. The molecule has 0 fully saturated rings. The average molecular weight is 233 g/mol. The molecule has 1 rings (SSSR count). The third-order valence-electron chi connectivity index (χ3n) is 2.22.